The van der Waals surface area contributed by atoms with Gasteiger partial charge in [-0.25, -0.2) is 0 Å². The Morgan fingerprint density at radius 3 is 2.60 bits per heavy atom. The summed E-state index contributed by atoms with van der Waals surface area (Å²) in [4.78, 5) is 17.9. The molecule has 0 radical (unpaired) electrons. The summed E-state index contributed by atoms with van der Waals surface area (Å²) in [7, 11) is 0. The van der Waals surface area contributed by atoms with E-state index in [4.69, 9.17) is 0 Å². The summed E-state index contributed by atoms with van der Waals surface area (Å²) >= 11 is 1.67. The number of hydrogen-bond acceptors (Lipinski definition) is 3. The highest BCUT2D eigenvalue weighted by Gasteiger charge is 2.12. The zero-order valence-corrected chi connectivity index (χ0v) is 11.9. The number of pyridine rings is 1. The molecule has 0 saturated heterocycles. The highest BCUT2D eigenvalue weighted by atomic mass is 32.2. The van der Waals surface area contributed by atoms with E-state index in [1.54, 1.807) is 24.2 Å². The fourth-order valence-electron chi connectivity index (χ4n) is 2.22. The summed E-state index contributed by atoms with van der Waals surface area (Å²) in [6, 6.07) is 15.3. The quantitative estimate of drug-likeness (QED) is 0.532. The molecular weight excluding hydrogens is 266 g/mol. The van der Waals surface area contributed by atoms with Gasteiger partial charge in [-0.05, 0) is 42.0 Å². The van der Waals surface area contributed by atoms with Crippen LogP contribution in [0.5, 0.6) is 0 Å². The molecule has 0 aliphatic heterocycles. The maximum Gasteiger partial charge on any atom is 0.193 e. The number of thioether (sulfide) groups is 1. The number of aromatic nitrogens is 1. The lowest BCUT2D eigenvalue weighted by Crippen LogP contribution is -2.02. The van der Waals surface area contributed by atoms with Gasteiger partial charge in [-0.1, -0.05) is 18.2 Å². The second-order valence-corrected chi connectivity index (χ2v) is 5.34. The molecule has 1 heterocycles. The topological polar surface area (TPSA) is 30.0 Å². The fourth-order valence-corrected chi connectivity index (χ4v) is 2.63. The number of carbonyl (C=O) groups is 1. The van der Waals surface area contributed by atoms with E-state index in [0.717, 1.165) is 21.2 Å². The van der Waals surface area contributed by atoms with Crippen molar-refractivity contribution in [2.45, 2.75) is 4.90 Å². The highest BCUT2D eigenvalue weighted by molar-refractivity contribution is 7.98. The van der Waals surface area contributed by atoms with Gasteiger partial charge in [0.1, 0.15) is 0 Å². The minimum Gasteiger partial charge on any atom is -0.289 e. The van der Waals surface area contributed by atoms with Gasteiger partial charge >= 0.3 is 0 Å². The summed E-state index contributed by atoms with van der Waals surface area (Å²) in [6.45, 7) is 0. The molecule has 3 rings (SSSR count). The molecule has 0 bridgehead atoms. The highest BCUT2D eigenvalue weighted by Crippen LogP contribution is 2.22. The van der Waals surface area contributed by atoms with Crippen molar-refractivity contribution in [2.75, 3.05) is 6.26 Å². The molecule has 1 aromatic heterocycles. The van der Waals surface area contributed by atoms with Crippen LogP contribution in [0, 0.1) is 0 Å². The van der Waals surface area contributed by atoms with Gasteiger partial charge in [0.05, 0.1) is 0 Å². The zero-order valence-electron chi connectivity index (χ0n) is 11.0. The molecule has 2 aromatic carbocycles. The Morgan fingerprint density at radius 2 is 1.85 bits per heavy atom. The number of ketones is 1. The first-order chi connectivity index (χ1) is 9.79. The van der Waals surface area contributed by atoms with Crippen molar-refractivity contribution in [1.82, 2.24) is 4.98 Å². The molecule has 0 atom stereocenters. The number of carbonyl (C=O) groups excluding carboxylic acids is 1. The van der Waals surface area contributed by atoms with Gasteiger partial charge in [0, 0.05) is 33.8 Å². The van der Waals surface area contributed by atoms with E-state index in [2.05, 4.69) is 4.98 Å². The average Bonchev–Trinajstić information content (AvgIpc) is 2.54. The molecule has 3 aromatic rings. The first-order valence-corrected chi connectivity index (χ1v) is 7.53. The predicted molar refractivity (Wildman–Crippen MR) is 83.4 cm³/mol. The van der Waals surface area contributed by atoms with E-state index in [1.807, 2.05) is 54.8 Å². The third kappa shape index (κ3) is 2.32. The normalized spacial score (nSPS) is 10.7. The first kappa shape index (κ1) is 12.9. The third-order valence-corrected chi connectivity index (χ3v) is 4.02. The number of nitrogens with zero attached hydrogens (tertiary/aromatic N) is 1. The maximum atomic E-state index is 12.6. The molecule has 0 fully saturated rings. The minimum atomic E-state index is 0.0504. The van der Waals surface area contributed by atoms with Crippen LogP contribution < -0.4 is 0 Å². The lowest BCUT2D eigenvalue weighted by Gasteiger charge is -2.06. The minimum absolute atomic E-state index is 0.0504. The molecule has 0 spiro atoms. The van der Waals surface area contributed by atoms with Gasteiger partial charge in [0.25, 0.3) is 0 Å². The van der Waals surface area contributed by atoms with Crippen LogP contribution in [-0.2, 0) is 0 Å². The van der Waals surface area contributed by atoms with E-state index >= 15 is 0 Å². The first-order valence-electron chi connectivity index (χ1n) is 6.31. The van der Waals surface area contributed by atoms with Crippen LogP contribution >= 0.6 is 11.8 Å². The molecule has 20 heavy (non-hydrogen) atoms. The molecule has 3 heteroatoms. The van der Waals surface area contributed by atoms with Gasteiger partial charge < -0.3 is 0 Å². The maximum absolute atomic E-state index is 12.6. The van der Waals surface area contributed by atoms with E-state index in [-0.39, 0.29) is 5.78 Å². The van der Waals surface area contributed by atoms with Crippen LogP contribution in [0.2, 0.25) is 0 Å². The summed E-state index contributed by atoms with van der Waals surface area (Å²) in [5.74, 6) is 0.0504. The second-order valence-electron chi connectivity index (χ2n) is 4.46. The Morgan fingerprint density at radius 1 is 1.05 bits per heavy atom. The average molecular weight is 279 g/mol. The van der Waals surface area contributed by atoms with Crippen LogP contribution in [-0.4, -0.2) is 17.0 Å². The SMILES string of the molecule is CSc1ccc(C(=O)c2cccc3cnccc23)cc1. The van der Waals surface area contributed by atoms with Crippen molar-refractivity contribution in [3.63, 3.8) is 0 Å². The van der Waals surface area contributed by atoms with Crippen LogP contribution in [0.3, 0.4) is 0 Å². The van der Waals surface area contributed by atoms with Gasteiger partial charge in [-0.3, -0.25) is 9.78 Å². The predicted octanol–water partition coefficient (Wildman–Crippen LogP) is 4.19. The van der Waals surface area contributed by atoms with E-state index < -0.39 is 0 Å². The lowest BCUT2D eigenvalue weighted by atomic mass is 9.98. The number of benzene rings is 2. The fraction of sp³-hybridized carbons (Fsp3) is 0.0588. The van der Waals surface area contributed by atoms with Crippen molar-refractivity contribution in [3.8, 4) is 0 Å². The van der Waals surface area contributed by atoms with Crippen molar-refractivity contribution < 1.29 is 4.79 Å². The van der Waals surface area contributed by atoms with Crippen molar-refractivity contribution >= 4 is 28.3 Å². The van der Waals surface area contributed by atoms with Crippen LogP contribution in [0.25, 0.3) is 10.8 Å². The molecule has 0 saturated carbocycles. The second kappa shape index (κ2) is 5.47. The lowest BCUT2D eigenvalue weighted by molar-refractivity contribution is 0.104. The Kier molecular flexibility index (Phi) is 3.52. The molecule has 0 unspecified atom stereocenters. The smallest absolute Gasteiger partial charge is 0.193 e. The van der Waals surface area contributed by atoms with Crippen molar-refractivity contribution in [3.05, 3.63) is 72.1 Å². The molecule has 2 nitrogen and oxygen atoms in total. The largest absolute Gasteiger partial charge is 0.289 e. The van der Waals surface area contributed by atoms with Crippen LogP contribution in [0.1, 0.15) is 15.9 Å². The van der Waals surface area contributed by atoms with Gasteiger partial charge in [0.2, 0.25) is 0 Å². The van der Waals surface area contributed by atoms with Crippen LogP contribution in [0.15, 0.2) is 65.8 Å². The molecule has 0 N–H and O–H groups in total. The summed E-state index contributed by atoms with van der Waals surface area (Å²) in [5.41, 5.74) is 1.44. The Bertz CT molecular complexity index is 760. The molecule has 0 aliphatic rings. The summed E-state index contributed by atoms with van der Waals surface area (Å²) in [5, 5.41) is 1.93. The Hall–Kier alpha value is -2.13. The van der Waals surface area contributed by atoms with Crippen molar-refractivity contribution in [1.29, 1.82) is 0 Å². The van der Waals surface area contributed by atoms with Crippen LogP contribution in [0.4, 0.5) is 0 Å². The van der Waals surface area contributed by atoms with E-state index in [1.165, 1.54) is 0 Å². The molecular formula is C17H13NOS. The number of fused-ring (bicyclic) bond motifs is 1. The third-order valence-electron chi connectivity index (χ3n) is 3.28. The Balaban J connectivity index is 2.07. The van der Waals surface area contributed by atoms with Gasteiger partial charge in [-0.2, -0.15) is 0 Å². The number of hydrogen-bond donors (Lipinski definition) is 0. The monoisotopic (exact) mass is 279 g/mol. The summed E-state index contributed by atoms with van der Waals surface area (Å²) in [6.07, 6.45) is 5.52. The molecule has 98 valence electrons. The number of rotatable bonds is 3. The van der Waals surface area contributed by atoms with Gasteiger partial charge in [-0.15, -0.1) is 11.8 Å². The Labute approximate surface area is 121 Å². The molecule has 0 amide bonds. The van der Waals surface area contributed by atoms with Crippen molar-refractivity contribution in [2.24, 2.45) is 0 Å². The van der Waals surface area contributed by atoms with E-state index in [0.29, 0.717) is 5.56 Å². The summed E-state index contributed by atoms with van der Waals surface area (Å²) < 4.78 is 0. The molecule has 0 aliphatic carbocycles. The standard InChI is InChI=1S/C17H13NOS/c1-20-14-7-5-12(6-8-14)17(19)16-4-2-3-13-11-18-10-9-15(13)16/h2-11H,1H3. The zero-order chi connectivity index (χ0) is 13.9. The van der Waals surface area contributed by atoms with E-state index in [9.17, 15) is 4.79 Å². The van der Waals surface area contributed by atoms with Gasteiger partial charge in [0.15, 0.2) is 5.78 Å².